The first-order chi connectivity index (χ1) is 15.2. The molecule has 0 atom stereocenters. The minimum atomic E-state index is -0.208. The molecule has 0 spiro atoms. The number of anilines is 1. The standard InChI is InChI=1S/C21H20N4O5S/c1-27-14-7-8-16(18(11-14)28-2)22-19(26)13-31-21-24-23-20(17-6-4-10-30-17)25(21)12-15-5-3-9-29-15/h3-11H,12-13H2,1-2H3,(H,22,26). The van der Waals surface area contributed by atoms with Gasteiger partial charge in [-0.15, -0.1) is 10.2 Å². The number of hydrogen-bond donors (Lipinski definition) is 1. The van der Waals surface area contributed by atoms with Crippen molar-refractivity contribution in [3.05, 3.63) is 60.8 Å². The third-order valence-corrected chi connectivity index (χ3v) is 5.33. The van der Waals surface area contributed by atoms with E-state index < -0.39 is 0 Å². The number of nitrogens with zero attached hydrogens (tertiary/aromatic N) is 3. The maximum absolute atomic E-state index is 12.6. The van der Waals surface area contributed by atoms with Gasteiger partial charge in [0.25, 0.3) is 0 Å². The molecule has 0 saturated carbocycles. The van der Waals surface area contributed by atoms with Crippen LogP contribution in [0.5, 0.6) is 11.5 Å². The van der Waals surface area contributed by atoms with Crippen molar-refractivity contribution in [2.45, 2.75) is 11.7 Å². The van der Waals surface area contributed by atoms with Crippen molar-refractivity contribution in [2.75, 3.05) is 25.3 Å². The second-order valence-corrected chi connectivity index (χ2v) is 7.29. The fraction of sp³-hybridized carbons (Fsp3) is 0.190. The first kappa shape index (κ1) is 20.6. The quantitative estimate of drug-likeness (QED) is 0.391. The highest BCUT2D eigenvalue weighted by Crippen LogP contribution is 2.30. The van der Waals surface area contributed by atoms with Crippen LogP contribution in [0.15, 0.2) is 69.0 Å². The molecule has 160 valence electrons. The van der Waals surface area contributed by atoms with Crippen molar-refractivity contribution in [1.82, 2.24) is 14.8 Å². The van der Waals surface area contributed by atoms with Crippen molar-refractivity contribution < 1.29 is 23.1 Å². The Morgan fingerprint density at radius 2 is 1.94 bits per heavy atom. The Kier molecular flexibility index (Phi) is 6.27. The van der Waals surface area contributed by atoms with Gasteiger partial charge in [0.2, 0.25) is 11.7 Å². The summed E-state index contributed by atoms with van der Waals surface area (Å²) < 4.78 is 23.3. The van der Waals surface area contributed by atoms with Crippen molar-refractivity contribution in [1.29, 1.82) is 0 Å². The first-order valence-electron chi connectivity index (χ1n) is 9.32. The maximum atomic E-state index is 12.6. The largest absolute Gasteiger partial charge is 0.497 e. The van der Waals surface area contributed by atoms with Crippen LogP contribution in [0.3, 0.4) is 0 Å². The second kappa shape index (κ2) is 9.43. The molecule has 0 bridgehead atoms. The van der Waals surface area contributed by atoms with E-state index in [0.29, 0.717) is 40.5 Å². The molecule has 0 fully saturated rings. The number of aromatic nitrogens is 3. The highest BCUT2D eigenvalue weighted by Gasteiger charge is 2.19. The van der Waals surface area contributed by atoms with Gasteiger partial charge in [-0.2, -0.15) is 0 Å². The van der Waals surface area contributed by atoms with Crippen molar-refractivity contribution in [3.8, 4) is 23.1 Å². The molecule has 0 saturated heterocycles. The van der Waals surface area contributed by atoms with E-state index in [4.69, 9.17) is 18.3 Å². The summed E-state index contributed by atoms with van der Waals surface area (Å²) in [4.78, 5) is 12.6. The number of benzene rings is 1. The average Bonchev–Trinajstić information content (AvgIpc) is 3.55. The lowest BCUT2D eigenvalue weighted by Gasteiger charge is -2.11. The Balaban J connectivity index is 1.49. The Bertz CT molecular complexity index is 1140. The molecule has 4 aromatic rings. The fourth-order valence-corrected chi connectivity index (χ4v) is 3.64. The van der Waals surface area contributed by atoms with Gasteiger partial charge in [0, 0.05) is 6.07 Å². The minimum absolute atomic E-state index is 0.129. The van der Waals surface area contributed by atoms with Crippen molar-refractivity contribution in [3.63, 3.8) is 0 Å². The third-order valence-electron chi connectivity index (χ3n) is 4.37. The fourth-order valence-electron chi connectivity index (χ4n) is 2.90. The summed E-state index contributed by atoms with van der Waals surface area (Å²) in [6, 6.07) is 12.5. The smallest absolute Gasteiger partial charge is 0.234 e. The summed E-state index contributed by atoms with van der Waals surface area (Å²) in [5, 5.41) is 11.9. The van der Waals surface area contributed by atoms with Gasteiger partial charge < -0.3 is 23.6 Å². The molecule has 10 heteroatoms. The number of carbonyl (C=O) groups excluding carboxylic acids is 1. The number of rotatable bonds is 9. The molecule has 4 rings (SSSR count). The summed E-state index contributed by atoms with van der Waals surface area (Å²) in [5.41, 5.74) is 0.558. The summed E-state index contributed by atoms with van der Waals surface area (Å²) >= 11 is 1.26. The highest BCUT2D eigenvalue weighted by molar-refractivity contribution is 7.99. The van der Waals surface area contributed by atoms with Gasteiger partial charge >= 0.3 is 0 Å². The van der Waals surface area contributed by atoms with Crippen molar-refractivity contribution in [2.24, 2.45) is 0 Å². The lowest BCUT2D eigenvalue weighted by Crippen LogP contribution is -2.15. The summed E-state index contributed by atoms with van der Waals surface area (Å²) in [6.07, 6.45) is 3.18. The minimum Gasteiger partial charge on any atom is -0.497 e. The molecule has 0 aliphatic heterocycles. The first-order valence-corrected chi connectivity index (χ1v) is 10.3. The monoisotopic (exact) mass is 440 g/mol. The number of amides is 1. The molecule has 9 nitrogen and oxygen atoms in total. The van der Waals surface area contributed by atoms with Crippen molar-refractivity contribution >= 4 is 23.4 Å². The number of furan rings is 2. The molecule has 3 heterocycles. The predicted octanol–water partition coefficient (Wildman–Crippen LogP) is 3.93. The van der Waals surface area contributed by atoms with Crippen LogP contribution in [-0.2, 0) is 11.3 Å². The van der Waals surface area contributed by atoms with Gasteiger partial charge in [0.05, 0.1) is 44.7 Å². The lowest BCUT2D eigenvalue weighted by atomic mass is 10.2. The van der Waals surface area contributed by atoms with Crippen LogP contribution in [0, 0.1) is 0 Å². The van der Waals surface area contributed by atoms with Crippen LogP contribution in [-0.4, -0.2) is 40.6 Å². The van der Waals surface area contributed by atoms with Crippen LogP contribution >= 0.6 is 11.8 Å². The topological polar surface area (TPSA) is 105 Å². The van der Waals surface area contributed by atoms with Crippen LogP contribution in [0.25, 0.3) is 11.6 Å². The Labute approximate surface area is 182 Å². The van der Waals surface area contributed by atoms with E-state index >= 15 is 0 Å². The molecule has 1 aromatic carbocycles. The Morgan fingerprint density at radius 1 is 1.10 bits per heavy atom. The molecular formula is C21H20N4O5S. The van der Waals surface area contributed by atoms with Crippen LogP contribution in [0.4, 0.5) is 5.69 Å². The van der Waals surface area contributed by atoms with Crippen LogP contribution in [0.2, 0.25) is 0 Å². The molecule has 31 heavy (non-hydrogen) atoms. The molecule has 1 N–H and O–H groups in total. The van der Waals surface area contributed by atoms with E-state index in [1.165, 1.54) is 18.9 Å². The summed E-state index contributed by atoms with van der Waals surface area (Å²) in [7, 11) is 3.10. The SMILES string of the molecule is COc1ccc(NC(=O)CSc2nnc(-c3ccco3)n2Cc2ccco2)c(OC)c1. The maximum Gasteiger partial charge on any atom is 0.234 e. The lowest BCUT2D eigenvalue weighted by molar-refractivity contribution is -0.113. The zero-order valence-corrected chi connectivity index (χ0v) is 17.7. The summed E-state index contributed by atoms with van der Waals surface area (Å²) in [6.45, 7) is 0.409. The summed E-state index contributed by atoms with van der Waals surface area (Å²) in [5.74, 6) is 2.95. The predicted molar refractivity (Wildman–Crippen MR) is 114 cm³/mol. The molecule has 0 unspecified atom stereocenters. The van der Waals surface area contributed by atoms with Gasteiger partial charge in [0.15, 0.2) is 10.9 Å². The number of hydrogen-bond acceptors (Lipinski definition) is 8. The molecule has 3 aromatic heterocycles. The van der Waals surface area contributed by atoms with E-state index in [2.05, 4.69) is 15.5 Å². The van der Waals surface area contributed by atoms with E-state index in [-0.39, 0.29) is 11.7 Å². The van der Waals surface area contributed by atoms with Crippen LogP contribution < -0.4 is 14.8 Å². The highest BCUT2D eigenvalue weighted by atomic mass is 32.2. The number of thioether (sulfide) groups is 1. The number of ether oxygens (including phenoxy) is 2. The Hall–Kier alpha value is -3.66. The number of methoxy groups -OCH3 is 2. The molecule has 1 amide bonds. The zero-order valence-electron chi connectivity index (χ0n) is 16.9. The van der Waals surface area contributed by atoms with Crippen LogP contribution in [0.1, 0.15) is 5.76 Å². The second-order valence-electron chi connectivity index (χ2n) is 6.35. The Morgan fingerprint density at radius 3 is 2.65 bits per heavy atom. The molecule has 0 radical (unpaired) electrons. The van der Waals surface area contributed by atoms with Gasteiger partial charge in [-0.1, -0.05) is 11.8 Å². The van der Waals surface area contributed by atoms with Gasteiger partial charge in [-0.25, -0.2) is 0 Å². The van der Waals surface area contributed by atoms with E-state index in [1.807, 2.05) is 16.7 Å². The molecular weight excluding hydrogens is 420 g/mol. The number of nitrogens with one attached hydrogen (secondary N) is 1. The van der Waals surface area contributed by atoms with Gasteiger partial charge in [-0.3, -0.25) is 9.36 Å². The third kappa shape index (κ3) is 4.75. The van der Waals surface area contributed by atoms with E-state index in [0.717, 1.165) is 5.76 Å². The van der Waals surface area contributed by atoms with Gasteiger partial charge in [-0.05, 0) is 36.4 Å². The average molecular weight is 440 g/mol. The molecule has 0 aliphatic rings. The van der Waals surface area contributed by atoms with E-state index in [9.17, 15) is 4.79 Å². The molecule has 0 aliphatic carbocycles. The van der Waals surface area contributed by atoms with E-state index in [1.54, 1.807) is 50.0 Å². The zero-order chi connectivity index (χ0) is 21.6. The number of carbonyl (C=O) groups is 1. The van der Waals surface area contributed by atoms with Gasteiger partial charge in [0.1, 0.15) is 17.3 Å². The normalized spacial score (nSPS) is 10.8.